The first-order valence-electron chi connectivity index (χ1n) is 6.79. The van der Waals surface area contributed by atoms with Gasteiger partial charge in [-0.3, -0.25) is 4.79 Å². The number of hydrogen-bond acceptors (Lipinski definition) is 2. The second-order valence-corrected chi connectivity index (χ2v) is 4.69. The van der Waals surface area contributed by atoms with Crippen LogP contribution in [-0.2, 0) is 0 Å². The van der Waals surface area contributed by atoms with Gasteiger partial charge in [0.15, 0.2) is 0 Å². The third-order valence-electron chi connectivity index (χ3n) is 3.18. The number of nitrogens with one attached hydrogen (secondary N) is 1. The van der Waals surface area contributed by atoms with Gasteiger partial charge >= 0.3 is 0 Å². The van der Waals surface area contributed by atoms with E-state index in [1.54, 1.807) is 6.20 Å². The Balaban J connectivity index is 2.03. The number of pyridine rings is 1. The van der Waals surface area contributed by atoms with Crippen LogP contribution in [0.3, 0.4) is 0 Å². The van der Waals surface area contributed by atoms with Crippen molar-refractivity contribution in [3.05, 3.63) is 52.5 Å². The number of allylic oxidation sites excluding steroid dienone is 1. The SMILES string of the molecule is NCCCCC/C=C/c1ccc2cc[nH]c(=O)c2c1. The maximum absolute atomic E-state index is 11.7. The molecule has 0 radical (unpaired) electrons. The molecule has 0 unspecified atom stereocenters. The van der Waals surface area contributed by atoms with Crippen molar-refractivity contribution in [2.45, 2.75) is 25.7 Å². The lowest BCUT2D eigenvalue weighted by Crippen LogP contribution is -2.04. The van der Waals surface area contributed by atoms with E-state index in [0.29, 0.717) is 0 Å². The highest BCUT2D eigenvalue weighted by atomic mass is 16.1. The Morgan fingerprint density at radius 3 is 2.89 bits per heavy atom. The van der Waals surface area contributed by atoms with Gasteiger partial charge in [-0.05, 0) is 48.9 Å². The van der Waals surface area contributed by atoms with E-state index in [9.17, 15) is 4.79 Å². The fourth-order valence-corrected chi connectivity index (χ4v) is 2.11. The summed E-state index contributed by atoms with van der Waals surface area (Å²) < 4.78 is 0. The Labute approximate surface area is 113 Å². The molecule has 3 heteroatoms. The van der Waals surface area contributed by atoms with E-state index in [1.165, 1.54) is 12.8 Å². The number of aromatic nitrogens is 1. The minimum atomic E-state index is -0.0318. The molecule has 0 fully saturated rings. The summed E-state index contributed by atoms with van der Waals surface area (Å²) in [6.45, 7) is 0.775. The van der Waals surface area contributed by atoms with Gasteiger partial charge in [-0.15, -0.1) is 0 Å². The van der Waals surface area contributed by atoms with E-state index in [1.807, 2.05) is 24.3 Å². The summed E-state index contributed by atoms with van der Waals surface area (Å²) in [5.41, 5.74) is 6.49. The first-order chi connectivity index (χ1) is 9.31. The van der Waals surface area contributed by atoms with E-state index in [0.717, 1.165) is 35.7 Å². The van der Waals surface area contributed by atoms with Crippen LogP contribution in [0.15, 0.2) is 41.3 Å². The lowest BCUT2D eigenvalue weighted by molar-refractivity contribution is 0.696. The van der Waals surface area contributed by atoms with Crippen molar-refractivity contribution >= 4 is 16.8 Å². The van der Waals surface area contributed by atoms with Gasteiger partial charge in [-0.25, -0.2) is 0 Å². The van der Waals surface area contributed by atoms with Crippen LogP contribution in [0.4, 0.5) is 0 Å². The number of H-pyrrole nitrogens is 1. The molecule has 1 heterocycles. The molecule has 0 aliphatic rings. The van der Waals surface area contributed by atoms with Gasteiger partial charge in [0, 0.05) is 11.6 Å². The summed E-state index contributed by atoms with van der Waals surface area (Å²) in [6.07, 6.45) is 10.4. The van der Waals surface area contributed by atoms with Crippen LogP contribution in [0, 0.1) is 0 Å². The molecule has 0 aliphatic heterocycles. The summed E-state index contributed by atoms with van der Waals surface area (Å²) in [5.74, 6) is 0. The lowest BCUT2D eigenvalue weighted by atomic mass is 10.1. The van der Waals surface area contributed by atoms with Crippen molar-refractivity contribution < 1.29 is 0 Å². The van der Waals surface area contributed by atoms with Crippen LogP contribution < -0.4 is 11.3 Å². The predicted molar refractivity (Wildman–Crippen MR) is 81.1 cm³/mol. The van der Waals surface area contributed by atoms with Crippen LogP contribution in [-0.4, -0.2) is 11.5 Å². The number of fused-ring (bicyclic) bond motifs is 1. The molecule has 0 amide bonds. The quantitative estimate of drug-likeness (QED) is 0.780. The van der Waals surface area contributed by atoms with Crippen LogP contribution >= 0.6 is 0 Å². The molecular weight excluding hydrogens is 236 g/mol. The fraction of sp³-hybridized carbons (Fsp3) is 0.312. The molecule has 0 atom stereocenters. The molecule has 2 aromatic rings. The summed E-state index contributed by atoms with van der Waals surface area (Å²) in [7, 11) is 0. The van der Waals surface area contributed by atoms with Gasteiger partial charge in [-0.2, -0.15) is 0 Å². The first kappa shape index (κ1) is 13.6. The van der Waals surface area contributed by atoms with Crippen molar-refractivity contribution in [3.63, 3.8) is 0 Å². The molecule has 1 aromatic carbocycles. The summed E-state index contributed by atoms with van der Waals surface area (Å²) >= 11 is 0. The highest BCUT2D eigenvalue weighted by molar-refractivity contribution is 5.83. The molecule has 2 rings (SSSR count). The van der Waals surface area contributed by atoms with Crippen molar-refractivity contribution in [3.8, 4) is 0 Å². The largest absolute Gasteiger partial charge is 0.330 e. The van der Waals surface area contributed by atoms with Crippen molar-refractivity contribution in [2.24, 2.45) is 5.73 Å². The first-order valence-corrected chi connectivity index (χ1v) is 6.79. The third kappa shape index (κ3) is 3.80. The summed E-state index contributed by atoms with van der Waals surface area (Å²) in [6, 6.07) is 7.87. The van der Waals surface area contributed by atoms with Crippen LogP contribution in [0.5, 0.6) is 0 Å². The van der Waals surface area contributed by atoms with Crippen LogP contribution in [0.25, 0.3) is 16.8 Å². The van der Waals surface area contributed by atoms with E-state index >= 15 is 0 Å². The van der Waals surface area contributed by atoms with Gasteiger partial charge in [0.2, 0.25) is 0 Å². The number of benzene rings is 1. The zero-order valence-corrected chi connectivity index (χ0v) is 11.1. The second kappa shape index (κ2) is 6.90. The molecule has 100 valence electrons. The van der Waals surface area contributed by atoms with E-state index in [2.05, 4.69) is 17.1 Å². The highest BCUT2D eigenvalue weighted by Gasteiger charge is 1.97. The number of rotatable bonds is 6. The minimum Gasteiger partial charge on any atom is -0.330 e. The van der Waals surface area contributed by atoms with Gasteiger partial charge < -0.3 is 10.7 Å². The highest BCUT2D eigenvalue weighted by Crippen LogP contribution is 2.13. The molecular formula is C16H20N2O. The lowest BCUT2D eigenvalue weighted by Gasteiger charge is -1.99. The van der Waals surface area contributed by atoms with Gasteiger partial charge in [0.25, 0.3) is 5.56 Å². The Kier molecular flexibility index (Phi) is 4.93. The zero-order chi connectivity index (χ0) is 13.5. The third-order valence-corrected chi connectivity index (χ3v) is 3.18. The molecule has 0 aliphatic carbocycles. The number of aromatic amines is 1. The Morgan fingerprint density at radius 1 is 1.16 bits per heavy atom. The Hall–Kier alpha value is -1.87. The normalized spacial score (nSPS) is 11.4. The number of unbranched alkanes of at least 4 members (excludes halogenated alkanes) is 3. The molecule has 0 spiro atoms. The maximum atomic E-state index is 11.7. The monoisotopic (exact) mass is 256 g/mol. The van der Waals surface area contributed by atoms with Crippen molar-refractivity contribution in [2.75, 3.05) is 6.54 Å². The van der Waals surface area contributed by atoms with Crippen LogP contribution in [0.1, 0.15) is 31.2 Å². The molecule has 19 heavy (non-hydrogen) atoms. The van der Waals surface area contributed by atoms with Gasteiger partial charge in [0.1, 0.15) is 0 Å². The molecule has 0 saturated carbocycles. The summed E-state index contributed by atoms with van der Waals surface area (Å²) in [4.78, 5) is 14.4. The average Bonchev–Trinajstić information content (AvgIpc) is 2.43. The van der Waals surface area contributed by atoms with E-state index in [4.69, 9.17) is 5.73 Å². The Bertz CT molecular complexity index is 613. The maximum Gasteiger partial charge on any atom is 0.255 e. The van der Waals surface area contributed by atoms with Gasteiger partial charge in [0.05, 0.1) is 0 Å². The molecule has 0 saturated heterocycles. The smallest absolute Gasteiger partial charge is 0.255 e. The number of nitrogens with two attached hydrogens (primary N) is 1. The molecule has 0 bridgehead atoms. The average molecular weight is 256 g/mol. The Morgan fingerprint density at radius 2 is 2.05 bits per heavy atom. The van der Waals surface area contributed by atoms with Crippen LogP contribution in [0.2, 0.25) is 0 Å². The van der Waals surface area contributed by atoms with E-state index < -0.39 is 0 Å². The predicted octanol–water partition coefficient (Wildman–Crippen LogP) is 3.06. The summed E-state index contributed by atoms with van der Waals surface area (Å²) in [5, 5.41) is 1.72. The topological polar surface area (TPSA) is 58.9 Å². The molecule has 3 nitrogen and oxygen atoms in total. The van der Waals surface area contributed by atoms with Crippen molar-refractivity contribution in [1.29, 1.82) is 0 Å². The molecule has 3 N–H and O–H groups in total. The van der Waals surface area contributed by atoms with E-state index in [-0.39, 0.29) is 5.56 Å². The fourth-order valence-electron chi connectivity index (χ4n) is 2.11. The van der Waals surface area contributed by atoms with Gasteiger partial charge in [-0.1, -0.05) is 30.7 Å². The second-order valence-electron chi connectivity index (χ2n) is 4.69. The zero-order valence-electron chi connectivity index (χ0n) is 11.1. The number of hydrogen-bond donors (Lipinski definition) is 2. The minimum absolute atomic E-state index is 0.0318. The standard InChI is InChI=1S/C16H20N2O/c17-10-5-3-1-2-4-6-13-7-8-14-9-11-18-16(19)15(14)12-13/h4,6-9,11-12H,1-3,5,10,17H2,(H,18,19)/b6-4+. The molecule has 1 aromatic heterocycles. The van der Waals surface area contributed by atoms with Crippen molar-refractivity contribution in [1.82, 2.24) is 4.98 Å².